The predicted octanol–water partition coefficient (Wildman–Crippen LogP) is 3.03. The van der Waals surface area contributed by atoms with Crippen LogP contribution >= 0.6 is 0 Å². The molecule has 0 amide bonds. The van der Waals surface area contributed by atoms with Crippen molar-refractivity contribution in [2.75, 3.05) is 24.5 Å². The van der Waals surface area contributed by atoms with E-state index in [-0.39, 0.29) is 18.5 Å². The van der Waals surface area contributed by atoms with Crippen LogP contribution in [0.2, 0.25) is 0 Å². The van der Waals surface area contributed by atoms with Gasteiger partial charge in [-0.25, -0.2) is 17.6 Å². The monoisotopic (exact) mass is 290 g/mol. The molecule has 1 heterocycles. The van der Waals surface area contributed by atoms with Gasteiger partial charge >= 0.3 is 0 Å². The van der Waals surface area contributed by atoms with Crippen LogP contribution < -0.4 is 10.2 Å². The van der Waals surface area contributed by atoms with E-state index in [0.29, 0.717) is 18.8 Å². The third-order valence-electron chi connectivity index (χ3n) is 3.47. The number of benzene rings is 1. The Kier molecular flexibility index (Phi) is 4.86. The highest BCUT2D eigenvalue weighted by atomic mass is 19.3. The Hall–Kier alpha value is -1.30. The van der Waals surface area contributed by atoms with Crippen molar-refractivity contribution in [2.24, 2.45) is 5.92 Å². The molecule has 2 unspecified atom stereocenters. The van der Waals surface area contributed by atoms with E-state index in [0.717, 1.165) is 12.5 Å². The number of hydrogen-bond donors (Lipinski definition) is 1. The minimum Gasteiger partial charge on any atom is -0.367 e. The fourth-order valence-electron chi connectivity index (χ4n) is 2.69. The molecule has 1 aliphatic heterocycles. The topological polar surface area (TPSA) is 15.3 Å². The van der Waals surface area contributed by atoms with E-state index < -0.39 is 18.1 Å². The van der Waals surface area contributed by atoms with Crippen LogP contribution in [-0.4, -0.2) is 32.1 Å². The molecule has 0 radical (unpaired) electrons. The summed E-state index contributed by atoms with van der Waals surface area (Å²) in [5.74, 6) is -0.987. The summed E-state index contributed by atoms with van der Waals surface area (Å²) >= 11 is 0. The second-order valence-electron chi connectivity index (χ2n) is 5.34. The van der Waals surface area contributed by atoms with Gasteiger partial charge in [0.05, 0.1) is 12.2 Å². The summed E-state index contributed by atoms with van der Waals surface area (Å²) in [7, 11) is 0. The average Bonchev–Trinajstić information content (AvgIpc) is 2.35. The number of anilines is 1. The number of rotatable bonds is 4. The first-order valence-corrected chi connectivity index (χ1v) is 6.67. The lowest BCUT2D eigenvalue weighted by molar-refractivity contribution is 0.138. The van der Waals surface area contributed by atoms with Gasteiger partial charge in [0.25, 0.3) is 6.43 Å². The van der Waals surface area contributed by atoms with Crippen molar-refractivity contribution >= 4 is 5.69 Å². The Morgan fingerprint density at radius 1 is 1.30 bits per heavy atom. The zero-order valence-corrected chi connectivity index (χ0v) is 11.3. The van der Waals surface area contributed by atoms with Crippen molar-refractivity contribution in [3.8, 4) is 0 Å². The highest BCUT2D eigenvalue weighted by Gasteiger charge is 2.26. The number of nitrogens with one attached hydrogen (secondary N) is 1. The molecule has 0 aromatic heterocycles. The fourth-order valence-corrected chi connectivity index (χ4v) is 2.69. The van der Waals surface area contributed by atoms with Crippen LogP contribution in [0.15, 0.2) is 18.2 Å². The number of hydrogen-bond acceptors (Lipinski definition) is 2. The molecule has 112 valence electrons. The van der Waals surface area contributed by atoms with Gasteiger partial charge < -0.3 is 10.2 Å². The largest absolute Gasteiger partial charge is 0.367 e. The Morgan fingerprint density at radius 3 is 2.70 bits per heavy atom. The van der Waals surface area contributed by atoms with Crippen molar-refractivity contribution in [2.45, 2.75) is 25.8 Å². The Balaban J connectivity index is 2.07. The van der Waals surface area contributed by atoms with Crippen molar-refractivity contribution < 1.29 is 17.6 Å². The van der Waals surface area contributed by atoms with Gasteiger partial charge in [-0.05, 0) is 24.5 Å². The number of piperidine rings is 1. The number of alkyl halides is 2. The molecule has 0 spiro atoms. The minimum atomic E-state index is -2.40. The smallest absolute Gasteiger partial charge is 0.250 e. The van der Waals surface area contributed by atoms with Crippen molar-refractivity contribution in [3.63, 3.8) is 0 Å². The Morgan fingerprint density at radius 2 is 2.05 bits per heavy atom. The van der Waals surface area contributed by atoms with Gasteiger partial charge in [-0.3, -0.25) is 0 Å². The lowest BCUT2D eigenvalue weighted by Gasteiger charge is -2.38. The van der Waals surface area contributed by atoms with Gasteiger partial charge in [0.15, 0.2) is 0 Å². The van der Waals surface area contributed by atoms with Gasteiger partial charge in [0.2, 0.25) is 0 Å². The van der Waals surface area contributed by atoms with Gasteiger partial charge in [0.1, 0.15) is 11.6 Å². The summed E-state index contributed by atoms with van der Waals surface area (Å²) in [4.78, 5) is 1.78. The quantitative estimate of drug-likeness (QED) is 0.858. The summed E-state index contributed by atoms with van der Waals surface area (Å²) in [6, 6.07) is 3.33. The van der Waals surface area contributed by atoms with Gasteiger partial charge in [-0.2, -0.15) is 0 Å². The molecule has 20 heavy (non-hydrogen) atoms. The molecule has 2 nitrogen and oxygen atoms in total. The van der Waals surface area contributed by atoms with E-state index in [4.69, 9.17) is 0 Å². The molecule has 0 saturated carbocycles. The molecule has 1 aromatic rings. The maximum absolute atomic E-state index is 13.8. The third kappa shape index (κ3) is 3.85. The molecule has 6 heteroatoms. The van der Waals surface area contributed by atoms with Crippen LogP contribution in [0.4, 0.5) is 23.2 Å². The average molecular weight is 290 g/mol. The molecule has 1 saturated heterocycles. The highest BCUT2D eigenvalue weighted by Crippen LogP contribution is 2.26. The first-order chi connectivity index (χ1) is 9.45. The van der Waals surface area contributed by atoms with E-state index in [2.05, 4.69) is 5.32 Å². The molecular formula is C14H18F4N2. The molecule has 2 rings (SSSR count). The zero-order valence-electron chi connectivity index (χ0n) is 11.3. The lowest BCUT2D eigenvalue weighted by atomic mass is 9.95. The second-order valence-corrected chi connectivity index (χ2v) is 5.34. The van der Waals surface area contributed by atoms with E-state index in [1.54, 1.807) is 4.90 Å². The molecular weight excluding hydrogens is 272 g/mol. The highest BCUT2D eigenvalue weighted by molar-refractivity contribution is 5.48. The molecule has 0 bridgehead atoms. The van der Waals surface area contributed by atoms with Crippen LogP contribution in [0.25, 0.3) is 0 Å². The van der Waals surface area contributed by atoms with E-state index >= 15 is 0 Å². The molecule has 0 aliphatic carbocycles. The van der Waals surface area contributed by atoms with Gasteiger partial charge in [-0.15, -0.1) is 0 Å². The molecule has 1 aliphatic rings. The third-order valence-corrected chi connectivity index (χ3v) is 3.47. The maximum atomic E-state index is 13.8. The van der Waals surface area contributed by atoms with Crippen molar-refractivity contribution in [1.29, 1.82) is 0 Å². The summed E-state index contributed by atoms with van der Waals surface area (Å²) in [6.45, 7) is 2.71. The van der Waals surface area contributed by atoms with Crippen LogP contribution in [0.5, 0.6) is 0 Å². The normalized spacial score (nSPS) is 23.4. The van der Waals surface area contributed by atoms with Crippen LogP contribution in [0.1, 0.15) is 13.3 Å². The maximum Gasteiger partial charge on any atom is 0.250 e. The first-order valence-electron chi connectivity index (χ1n) is 6.67. The van der Waals surface area contributed by atoms with Gasteiger partial charge in [-0.1, -0.05) is 6.92 Å². The lowest BCUT2D eigenvalue weighted by Crippen LogP contribution is -2.50. The van der Waals surface area contributed by atoms with Crippen LogP contribution in [0.3, 0.4) is 0 Å². The molecule has 2 atom stereocenters. The first kappa shape index (κ1) is 15.1. The second kappa shape index (κ2) is 6.43. The number of nitrogens with zero attached hydrogens (tertiary/aromatic N) is 1. The number of halogens is 4. The molecule has 1 aromatic carbocycles. The van der Waals surface area contributed by atoms with Crippen LogP contribution in [-0.2, 0) is 0 Å². The summed E-state index contributed by atoms with van der Waals surface area (Å²) in [5, 5.41) is 2.79. The summed E-state index contributed by atoms with van der Waals surface area (Å²) in [6.07, 6.45) is -1.63. The fraction of sp³-hybridized carbons (Fsp3) is 0.571. The van der Waals surface area contributed by atoms with Crippen LogP contribution in [0, 0.1) is 17.6 Å². The molecule has 1 N–H and O–H groups in total. The zero-order chi connectivity index (χ0) is 14.7. The summed E-state index contributed by atoms with van der Waals surface area (Å²) < 4.78 is 51.2. The van der Waals surface area contributed by atoms with E-state index in [1.807, 2.05) is 6.92 Å². The molecule has 1 fully saturated rings. The van der Waals surface area contributed by atoms with E-state index in [9.17, 15) is 17.6 Å². The van der Waals surface area contributed by atoms with Crippen molar-refractivity contribution in [1.82, 2.24) is 5.32 Å². The Bertz CT molecular complexity index is 453. The SMILES string of the molecule is CC1CC(NCC(F)F)CN(c2ccc(F)cc2F)C1. The Labute approximate surface area is 115 Å². The minimum absolute atomic E-state index is 0.114. The van der Waals surface area contributed by atoms with Gasteiger partial charge in [0, 0.05) is 25.2 Å². The van der Waals surface area contributed by atoms with Crippen molar-refractivity contribution in [3.05, 3.63) is 29.8 Å². The predicted molar refractivity (Wildman–Crippen MR) is 70.1 cm³/mol. The summed E-state index contributed by atoms with van der Waals surface area (Å²) in [5.41, 5.74) is 0.321. The van der Waals surface area contributed by atoms with E-state index in [1.165, 1.54) is 12.1 Å². The standard InChI is InChI=1S/C14H18F4N2/c1-9-4-11(19-6-14(17)18)8-20(7-9)13-3-2-10(15)5-12(13)16/h2-3,5,9,11,14,19H,4,6-8H2,1H3.